The number of fused-ring (bicyclic) bond motifs is 3. The fraction of sp³-hybridized carbons (Fsp3) is 0.200. The van der Waals surface area contributed by atoms with E-state index < -0.39 is 24.5 Å². The molecule has 2 aromatic carbocycles. The molecule has 2 N–H and O–H groups in total. The molecule has 0 atom stereocenters. The Bertz CT molecular complexity index is 1260. The van der Waals surface area contributed by atoms with Gasteiger partial charge in [-0.05, 0) is 22.3 Å². The molecule has 4 rings (SSSR count). The van der Waals surface area contributed by atoms with Gasteiger partial charge in [0.1, 0.15) is 18.7 Å². The first-order valence-corrected chi connectivity index (χ1v) is 10.5. The van der Waals surface area contributed by atoms with Crippen molar-refractivity contribution in [2.75, 3.05) is 25.0 Å². The summed E-state index contributed by atoms with van der Waals surface area (Å²) in [4.78, 5) is 37.5. The van der Waals surface area contributed by atoms with Crippen molar-refractivity contribution in [3.8, 4) is 23.5 Å². The summed E-state index contributed by atoms with van der Waals surface area (Å²) < 4.78 is 6.84. The molecule has 9 nitrogen and oxygen atoms in total. The largest absolute Gasteiger partial charge is 0.480 e. The maximum Gasteiger partial charge on any atom is 0.412 e. The number of carboxylic acid groups (broad SMARTS) is 1. The van der Waals surface area contributed by atoms with Crippen molar-refractivity contribution >= 4 is 23.8 Å². The predicted octanol–water partition coefficient (Wildman–Crippen LogP) is 2.94. The van der Waals surface area contributed by atoms with Crippen LogP contribution in [0, 0.1) is 12.3 Å². The number of carbonyl (C=O) groups is 3. The Morgan fingerprint density at radius 3 is 2.35 bits per heavy atom. The topological polar surface area (TPSA) is 114 Å². The smallest absolute Gasteiger partial charge is 0.412 e. The molecule has 0 saturated carbocycles. The second-order valence-electron chi connectivity index (χ2n) is 7.77. The standard InChI is InChI=1S/C25H22N4O5/c1-3-12-29(14-22(30)31)24(32)20-13-28(2)27-23(20)26-25(33)34-15-21-18-10-6-4-8-16(18)17-9-5-7-11-19(17)21/h1,4-11,13,21H,12,14-15H2,2H3,(H,30,31)(H,26,27,33). The highest BCUT2D eigenvalue weighted by Gasteiger charge is 2.30. The zero-order chi connectivity index (χ0) is 24.2. The number of benzene rings is 2. The molecule has 0 fully saturated rings. The summed E-state index contributed by atoms with van der Waals surface area (Å²) in [6, 6.07) is 15.9. The Labute approximate surface area is 195 Å². The third kappa shape index (κ3) is 4.47. The molecule has 2 amide bonds. The Hall–Kier alpha value is -4.58. The number of nitrogens with zero attached hydrogens (tertiary/aromatic N) is 3. The summed E-state index contributed by atoms with van der Waals surface area (Å²) >= 11 is 0. The highest BCUT2D eigenvalue weighted by atomic mass is 16.5. The van der Waals surface area contributed by atoms with Gasteiger partial charge in [0.15, 0.2) is 5.82 Å². The number of carboxylic acids is 1. The van der Waals surface area contributed by atoms with Crippen LogP contribution >= 0.6 is 0 Å². The number of hydrogen-bond acceptors (Lipinski definition) is 5. The number of hydrogen-bond donors (Lipinski definition) is 2. The monoisotopic (exact) mass is 458 g/mol. The van der Waals surface area contributed by atoms with Crippen LogP contribution in [0.15, 0.2) is 54.7 Å². The lowest BCUT2D eigenvalue weighted by atomic mass is 9.98. The van der Waals surface area contributed by atoms with E-state index in [0.29, 0.717) is 0 Å². The first-order valence-electron chi connectivity index (χ1n) is 10.5. The zero-order valence-corrected chi connectivity index (χ0v) is 18.4. The van der Waals surface area contributed by atoms with Crippen molar-refractivity contribution in [3.05, 3.63) is 71.4 Å². The summed E-state index contributed by atoms with van der Waals surface area (Å²) in [6.07, 6.45) is 5.87. The molecular formula is C25H22N4O5. The molecule has 0 spiro atoms. The summed E-state index contributed by atoms with van der Waals surface area (Å²) in [6.45, 7) is -0.690. The van der Waals surface area contributed by atoms with E-state index in [4.69, 9.17) is 16.3 Å². The SMILES string of the molecule is C#CCN(CC(=O)O)C(=O)c1cn(C)nc1NC(=O)OCC1c2ccccc2-c2ccccc21. The molecule has 1 aliphatic carbocycles. The quantitative estimate of drug-likeness (QED) is 0.527. The van der Waals surface area contributed by atoms with Crippen LogP contribution in [0.25, 0.3) is 11.1 Å². The molecule has 172 valence electrons. The van der Waals surface area contributed by atoms with Crippen LogP contribution in [0.5, 0.6) is 0 Å². The number of rotatable bonds is 7. The van der Waals surface area contributed by atoms with Gasteiger partial charge < -0.3 is 14.7 Å². The van der Waals surface area contributed by atoms with Crippen molar-refractivity contribution in [1.82, 2.24) is 14.7 Å². The van der Waals surface area contributed by atoms with Crippen molar-refractivity contribution in [3.63, 3.8) is 0 Å². The number of ether oxygens (including phenoxy) is 1. The minimum Gasteiger partial charge on any atom is -0.480 e. The molecule has 0 bridgehead atoms. The maximum absolute atomic E-state index is 12.8. The van der Waals surface area contributed by atoms with Gasteiger partial charge in [-0.3, -0.25) is 19.6 Å². The predicted molar refractivity (Wildman–Crippen MR) is 124 cm³/mol. The summed E-state index contributed by atoms with van der Waals surface area (Å²) in [7, 11) is 1.57. The van der Waals surface area contributed by atoms with E-state index >= 15 is 0 Å². The lowest BCUT2D eigenvalue weighted by molar-refractivity contribution is -0.137. The van der Waals surface area contributed by atoms with Gasteiger partial charge in [0.2, 0.25) is 0 Å². The van der Waals surface area contributed by atoms with Crippen LogP contribution < -0.4 is 5.32 Å². The molecule has 1 aromatic heterocycles. The number of nitrogens with one attached hydrogen (secondary N) is 1. The molecule has 34 heavy (non-hydrogen) atoms. The Kier molecular flexibility index (Phi) is 6.32. The van der Waals surface area contributed by atoms with Gasteiger partial charge >= 0.3 is 12.1 Å². The third-order valence-corrected chi connectivity index (χ3v) is 5.52. The van der Waals surface area contributed by atoms with E-state index in [9.17, 15) is 14.4 Å². The van der Waals surface area contributed by atoms with E-state index in [-0.39, 0.29) is 30.5 Å². The van der Waals surface area contributed by atoms with Gasteiger partial charge in [0, 0.05) is 19.2 Å². The van der Waals surface area contributed by atoms with Gasteiger partial charge in [-0.25, -0.2) is 4.79 Å². The molecule has 0 unspecified atom stereocenters. The summed E-state index contributed by atoms with van der Waals surface area (Å²) in [5.74, 6) is 0.222. The van der Waals surface area contributed by atoms with E-state index in [0.717, 1.165) is 27.2 Å². The maximum atomic E-state index is 12.8. The van der Waals surface area contributed by atoms with Crippen molar-refractivity contribution in [1.29, 1.82) is 0 Å². The van der Waals surface area contributed by atoms with Crippen LogP contribution in [0.4, 0.5) is 10.6 Å². The van der Waals surface area contributed by atoms with E-state index in [1.165, 1.54) is 10.9 Å². The van der Waals surface area contributed by atoms with Crippen LogP contribution in [0.3, 0.4) is 0 Å². The van der Waals surface area contributed by atoms with Gasteiger partial charge in [-0.15, -0.1) is 6.42 Å². The number of amides is 2. The van der Waals surface area contributed by atoms with Crippen molar-refractivity contribution in [2.45, 2.75) is 5.92 Å². The number of aryl methyl sites for hydroxylation is 1. The minimum absolute atomic E-state index is 0.00695. The molecule has 1 heterocycles. The lowest BCUT2D eigenvalue weighted by Crippen LogP contribution is -2.36. The Morgan fingerprint density at radius 1 is 1.15 bits per heavy atom. The average molecular weight is 458 g/mol. The number of aliphatic carboxylic acids is 1. The first-order chi connectivity index (χ1) is 16.4. The van der Waals surface area contributed by atoms with Crippen LogP contribution in [0.1, 0.15) is 27.4 Å². The highest BCUT2D eigenvalue weighted by Crippen LogP contribution is 2.44. The molecular weight excluding hydrogens is 436 g/mol. The normalized spacial score (nSPS) is 11.8. The lowest BCUT2D eigenvalue weighted by Gasteiger charge is -2.18. The summed E-state index contributed by atoms with van der Waals surface area (Å²) in [5, 5.41) is 15.7. The van der Waals surface area contributed by atoms with Crippen molar-refractivity contribution in [2.24, 2.45) is 7.05 Å². The van der Waals surface area contributed by atoms with E-state index in [2.05, 4.69) is 16.3 Å². The van der Waals surface area contributed by atoms with Gasteiger partial charge in [-0.2, -0.15) is 5.10 Å². The Morgan fingerprint density at radius 2 is 1.76 bits per heavy atom. The molecule has 0 saturated heterocycles. The molecule has 0 aliphatic heterocycles. The van der Waals surface area contributed by atoms with Crippen LogP contribution in [0.2, 0.25) is 0 Å². The third-order valence-electron chi connectivity index (χ3n) is 5.52. The second-order valence-corrected chi connectivity index (χ2v) is 7.77. The zero-order valence-electron chi connectivity index (χ0n) is 18.4. The number of carbonyl (C=O) groups excluding carboxylic acids is 2. The van der Waals surface area contributed by atoms with Crippen LogP contribution in [-0.4, -0.2) is 57.5 Å². The van der Waals surface area contributed by atoms with E-state index in [1.54, 1.807) is 7.05 Å². The molecule has 1 aliphatic rings. The van der Waals surface area contributed by atoms with E-state index in [1.807, 2.05) is 48.5 Å². The number of aromatic nitrogens is 2. The van der Waals surface area contributed by atoms with Crippen LogP contribution in [-0.2, 0) is 16.6 Å². The molecule has 9 heteroatoms. The van der Waals surface area contributed by atoms with Gasteiger partial charge in [-0.1, -0.05) is 54.5 Å². The fourth-order valence-electron chi connectivity index (χ4n) is 4.11. The number of anilines is 1. The minimum atomic E-state index is -1.21. The van der Waals surface area contributed by atoms with Gasteiger partial charge in [0.25, 0.3) is 5.91 Å². The first kappa shape index (κ1) is 22.6. The fourth-order valence-corrected chi connectivity index (χ4v) is 4.11. The summed E-state index contributed by atoms with van der Waals surface area (Å²) in [5.41, 5.74) is 4.37. The van der Waals surface area contributed by atoms with Crippen molar-refractivity contribution < 1.29 is 24.2 Å². The molecule has 0 radical (unpaired) electrons. The highest BCUT2D eigenvalue weighted by molar-refractivity contribution is 6.02. The van der Waals surface area contributed by atoms with Gasteiger partial charge in [0.05, 0.1) is 6.54 Å². The Balaban J connectivity index is 1.48. The number of terminal acetylenes is 1. The molecule has 3 aromatic rings. The second kappa shape index (κ2) is 9.50. The average Bonchev–Trinajstić information content (AvgIpc) is 3.34.